The van der Waals surface area contributed by atoms with Crippen LogP contribution in [0.25, 0.3) is 0 Å². The summed E-state index contributed by atoms with van der Waals surface area (Å²) in [6.07, 6.45) is -3.67. The van der Waals surface area contributed by atoms with Crippen molar-refractivity contribution in [2.75, 3.05) is 0 Å². The second kappa shape index (κ2) is 5.36. The standard InChI is InChI=1S/C12H20F3NO2/c1-11(2,3)18-10(17)16-9-6-4-5-8(7-9)12(13,14)15/h8-9H,4-7H2,1-3H3,(H,16,17)/t8-,9+/m0/s1. The minimum atomic E-state index is -4.17. The number of hydrogen-bond donors (Lipinski definition) is 1. The van der Waals surface area contributed by atoms with Crippen LogP contribution in [0, 0.1) is 5.92 Å². The van der Waals surface area contributed by atoms with E-state index in [2.05, 4.69) is 5.32 Å². The molecule has 1 aliphatic rings. The van der Waals surface area contributed by atoms with Crippen LogP contribution in [-0.4, -0.2) is 23.9 Å². The molecule has 1 fully saturated rings. The van der Waals surface area contributed by atoms with E-state index in [9.17, 15) is 18.0 Å². The number of hydrogen-bond acceptors (Lipinski definition) is 2. The first-order valence-electron chi connectivity index (χ1n) is 6.14. The van der Waals surface area contributed by atoms with E-state index in [1.807, 2.05) is 0 Å². The predicted octanol–water partition coefficient (Wildman–Crippen LogP) is 3.63. The maximum Gasteiger partial charge on any atom is 0.407 e. The normalized spacial score (nSPS) is 25.7. The number of nitrogens with one attached hydrogen (secondary N) is 1. The first kappa shape index (κ1) is 15.1. The Hall–Kier alpha value is -0.940. The first-order chi connectivity index (χ1) is 8.08. The molecule has 0 bridgehead atoms. The molecule has 0 aromatic carbocycles. The fraction of sp³-hybridized carbons (Fsp3) is 0.917. The molecule has 106 valence electrons. The minimum Gasteiger partial charge on any atom is -0.444 e. The van der Waals surface area contributed by atoms with E-state index in [1.54, 1.807) is 20.8 Å². The summed E-state index contributed by atoms with van der Waals surface area (Å²) < 4.78 is 42.8. The third kappa shape index (κ3) is 5.14. The third-order valence-electron chi connectivity index (χ3n) is 2.86. The Morgan fingerprint density at radius 2 is 1.83 bits per heavy atom. The summed E-state index contributed by atoms with van der Waals surface area (Å²) in [5.74, 6) is -1.31. The molecular weight excluding hydrogens is 247 g/mol. The first-order valence-corrected chi connectivity index (χ1v) is 6.14. The average Bonchev–Trinajstić information content (AvgIpc) is 2.13. The maximum absolute atomic E-state index is 12.6. The fourth-order valence-corrected chi connectivity index (χ4v) is 2.09. The zero-order chi connectivity index (χ0) is 14.0. The van der Waals surface area contributed by atoms with Crippen LogP contribution in [0.3, 0.4) is 0 Å². The van der Waals surface area contributed by atoms with Gasteiger partial charge in [0.2, 0.25) is 0 Å². The number of amides is 1. The van der Waals surface area contributed by atoms with Crippen molar-refractivity contribution < 1.29 is 22.7 Å². The maximum atomic E-state index is 12.6. The van der Waals surface area contributed by atoms with Gasteiger partial charge in [0.15, 0.2) is 0 Å². The molecule has 2 atom stereocenters. The largest absolute Gasteiger partial charge is 0.444 e. The summed E-state index contributed by atoms with van der Waals surface area (Å²) in [7, 11) is 0. The molecule has 0 aromatic heterocycles. The zero-order valence-corrected chi connectivity index (χ0v) is 10.9. The lowest BCUT2D eigenvalue weighted by Gasteiger charge is -2.31. The number of carbonyl (C=O) groups excluding carboxylic acids is 1. The highest BCUT2D eigenvalue weighted by Gasteiger charge is 2.42. The van der Waals surface area contributed by atoms with Gasteiger partial charge < -0.3 is 10.1 Å². The van der Waals surface area contributed by atoms with Crippen molar-refractivity contribution in [3.05, 3.63) is 0 Å². The second-order valence-electron chi connectivity index (χ2n) is 5.75. The van der Waals surface area contributed by atoms with Gasteiger partial charge in [-0.15, -0.1) is 0 Å². The van der Waals surface area contributed by atoms with Crippen molar-refractivity contribution in [3.8, 4) is 0 Å². The van der Waals surface area contributed by atoms with E-state index in [0.29, 0.717) is 12.8 Å². The zero-order valence-electron chi connectivity index (χ0n) is 10.9. The van der Waals surface area contributed by atoms with E-state index >= 15 is 0 Å². The fourth-order valence-electron chi connectivity index (χ4n) is 2.09. The Kier molecular flexibility index (Phi) is 4.50. The number of ether oxygens (including phenoxy) is 1. The molecule has 1 N–H and O–H groups in total. The Morgan fingerprint density at radius 3 is 2.33 bits per heavy atom. The van der Waals surface area contributed by atoms with Crippen LogP contribution in [0.15, 0.2) is 0 Å². The summed E-state index contributed by atoms with van der Waals surface area (Å²) >= 11 is 0. The molecule has 0 saturated heterocycles. The molecular formula is C12H20F3NO2. The van der Waals surface area contributed by atoms with Crippen LogP contribution in [0.4, 0.5) is 18.0 Å². The number of alkyl halides is 3. The molecule has 1 rings (SSSR count). The van der Waals surface area contributed by atoms with E-state index in [1.165, 1.54) is 0 Å². The van der Waals surface area contributed by atoms with Gasteiger partial charge >= 0.3 is 12.3 Å². The summed E-state index contributed by atoms with van der Waals surface area (Å²) in [4.78, 5) is 11.5. The van der Waals surface area contributed by atoms with E-state index in [4.69, 9.17) is 4.74 Å². The van der Waals surface area contributed by atoms with Crippen molar-refractivity contribution in [1.29, 1.82) is 0 Å². The summed E-state index contributed by atoms with van der Waals surface area (Å²) in [5, 5.41) is 2.52. The van der Waals surface area contributed by atoms with E-state index < -0.39 is 29.8 Å². The Bertz CT molecular complexity index is 297. The number of carbonyl (C=O) groups is 1. The summed E-state index contributed by atoms with van der Waals surface area (Å²) in [6, 6.07) is -0.444. The topological polar surface area (TPSA) is 38.3 Å². The highest BCUT2D eigenvalue weighted by Crippen LogP contribution is 2.37. The van der Waals surface area contributed by atoms with E-state index in [-0.39, 0.29) is 12.8 Å². The van der Waals surface area contributed by atoms with E-state index in [0.717, 1.165) is 0 Å². The molecule has 3 nitrogen and oxygen atoms in total. The van der Waals surface area contributed by atoms with Crippen LogP contribution < -0.4 is 5.32 Å². The molecule has 1 amide bonds. The highest BCUT2D eigenvalue weighted by atomic mass is 19.4. The highest BCUT2D eigenvalue weighted by molar-refractivity contribution is 5.68. The Labute approximate surface area is 105 Å². The van der Waals surface area contributed by atoms with Crippen molar-refractivity contribution >= 4 is 6.09 Å². The Balaban J connectivity index is 2.46. The van der Waals surface area contributed by atoms with Gasteiger partial charge in [-0.1, -0.05) is 6.42 Å². The molecule has 18 heavy (non-hydrogen) atoms. The number of rotatable bonds is 1. The van der Waals surface area contributed by atoms with Crippen LogP contribution in [0.2, 0.25) is 0 Å². The van der Waals surface area contributed by atoms with Gasteiger partial charge in [0, 0.05) is 6.04 Å². The SMILES string of the molecule is CC(C)(C)OC(=O)N[C@@H]1CCC[C@H](C(F)(F)F)C1. The molecule has 6 heteroatoms. The van der Waals surface area contributed by atoms with Gasteiger partial charge in [0.25, 0.3) is 0 Å². The molecule has 0 spiro atoms. The van der Waals surface area contributed by atoms with Crippen molar-refractivity contribution in [2.45, 2.75) is 64.3 Å². The van der Waals surface area contributed by atoms with Crippen molar-refractivity contribution in [2.24, 2.45) is 5.92 Å². The van der Waals surface area contributed by atoms with Gasteiger partial charge in [-0.25, -0.2) is 4.79 Å². The average molecular weight is 267 g/mol. The molecule has 1 saturated carbocycles. The lowest BCUT2D eigenvalue weighted by atomic mass is 9.85. The van der Waals surface area contributed by atoms with Crippen LogP contribution in [0.5, 0.6) is 0 Å². The number of halogens is 3. The lowest BCUT2D eigenvalue weighted by Crippen LogP contribution is -2.43. The summed E-state index contributed by atoms with van der Waals surface area (Å²) in [6.45, 7) is 5.14. The molecule has 0 aliphatic heterocycles. The number of alkyl carbamates (subject to hydrolysis) is 1. The lowest BCUT2D eigenvalue weighted by molar-refractivity contribution is -0.183. The molecule has 0 radical (unpaired) electrons. The van der Waals surface area contributed by atoms with Gasteiger partial charge in [-0.3, -0.25) is 0 Å². The van der Waals surface area contributed by atoms with Crippen LogP contribution in [0.1, 0.15) is 46.5 Å². The van der Waals surface area contributed by atoms with Gasteiger partial charge in [0.05, 0.1) is 5.92 Å². The predicted molar refractivity (Wildman–Crippen MR) is 61.2 cm³/mol. The van der Waals surface area contributed by atoms with Gasteiger partial charge in [-0.05, 0) is 40.0 Å². The summed E-state index contributed by atoms with van der Waals surface area (Å²) in [5.41, 5.74) is -0.637. The third-order valence-corrected chi connectivity index (χ3v) is 2.86. The minimum absolute atomic E-state index is 0.0528. The molecule has 0 unspecified atom stereocenters. The van der Waals surface area contributed by atoms with Crippen molar-refractivity contribution in [3.63, 3.8) is 0 Å². The Morgan fingerprint density at radius 1 is 1.22 bits per heavy atom. The van der Waals surface area contributed by atoms with Gasteiger partial charge in [-0.2, -0.15) is 13.2 Å². The molecule has 0 heterocycles. The smallest absolute Gasteiger partial charge is 0.407 e. The quantitative estimate of drug-likeness (QED) is 0.787. The van der Waals surface area contributed by atoms with Gasteiger partial charge in [0.1, 0.15) is 5.60 Å². The molecule has 0 aromatic rings. The monoisotopic (exact) mass is 267 g/mol. The van der Waals surface area contributed by atoms with Crippen LogP contribution >= 0.6 is 0 Å². The van der Waals surface area contributed by atoms with Crippen molar-refractivity contribution in [1.82, 2.24) is 5.32 Å². The molecule has 1 aliphatic carbocycles. The second-order valence-corrected chi connectivity index (χ2v) is 5.75. The van der Waals surface area contributed by atoms with Crippen LogP contribution in [-0.2, 0) is 4.74 Å².